The fourth-order valence-electron chi connectivity index (χ4n) is 1.79. The number of hydrogen-bond acceptors (Lipinski definition) is 4. The Morgan fingerprint density at radius 2 is 2.00 bits per heavy atom. The fraction of sp³-hybridized carbons (Fsp3) is 0.438. The van der Waals surface area contributed by atoms with Gasteiger partial charge in [-0.3, -0.25) is 0 Å². The van der Waals surface area contributed by atoms with E-state index in [1.165, 1.54) is 0 Å². The highest BCUT2D eigenvalue weighted by molar-refractivity contribution is 5.62. The third kappa shape index (κ3) is 3.84. The molecule has 20 heavy (non-hydrogen) atoms. The van der Waals surface area contributed by atoms with Crippen LogP contribution in [0.5, 0.6) is 5.75 Å². The molecule has 0 unspecified atom stereocenters. The van der Waals surface area contributed by atoms with Gasteiger partial charge in [0.2, 0.25) is 5.89 Å². The lowest BCUT2D eigenvalue weighted by Gasteiger charge is -2.19. The van der Waals surface area contributed by atoms with Gasteiger partial charge in [0, 0.05) is 12.1 Å². The summed E-state index contributed by atoms with van der Waals surface area (Å²) < 4.78 is 11.2. The van der Waals surface area contributed by atoms with Gasteiger partial charge in [0.05, 0.1) is 17.9 Å². The van der Waals surface area contributed by atoms with Crippen LogP contribution in [-0.2, 0) is 6.54 Å². The zero-order valence-corrected chi connectivity index (χ0v) is 12.6. The first kappa shape index (κ1) is 14.6. The van der Waals surface area contributed by atoms with Crippen LogP contribution in [0.4, 0.5) is 0 Å². The smallest absolute Gasteiger partial charge is 0.229 e. The quantitative estimate of drug-likeness (QED) is 0.904. The van der Waals surface area contributed by atoms with Crippen LogP contribution in [-0.4, -0.2) is 17.1 Å². The summed E-state index contributed by atoms with van der Waals surface area (Å²) in [6.45, 7) is 9.64. The molecule has 0 bridgehead atoms. The highest BCUT2D eigenvalue weighted by atomic mass is 16.5. The molecule has 0 radical (unpaired) electrons. The van der Waals surface area contributed by atoms with Gasteiger partial charge in [-0.1, -0.05) is 12.1 Å². The molecule has 1 N–H and O–H groups in total. The summed E-state index contributed by atoms with van der Waals surface area (Å²) in [6.07, 6.45) is 1.69. The molecule has 0 saturated heterocycles. The summed E-state index contributed by atoms with van der Waals surface area (Å²) >= 11 is 0. The van der Waals surface area contributed by atoms with Crippen LogP contribution in [0.1, 0.15) is 33.4 Å². The minimum atomic E-state index is 0.0579. The fourth-order valence-corrected chi connectivity index (χ4v) is 1.79. The third-order valence-corrected chi connectivity index (χ3v) is 2.77. The second-order valence-corrected chi connectivity index (χ2v) is 5.68. The Hall–Kier alpha value is -1.81. The molecule has 1 aromatic heterocycles. The van der Waals surface area contributed by atoms with Crippen molar-refractivity contribution in [3.8, 4) is 17.2 Å². The average Bonchev–Trinajstić information content (AvgIpc) is 2.85. The standard InChI is InChI=1S/C16H22N2O2/c1-5-19-14-9-7-6-8-13(14)15-18-12(11-20-15)10-17-16(2,3)4/h6-9,11,17H,5,10H2,1-4H3. The molecule has 0 aliphatic heterocycles. The van der Waals surface area contributed by atoms with Crippen LogP contribution in [0.25, 0.3) is 11.5 Å². The lowest BCUT2D eigenvalue weighted by Crippen LogP contribution is -2.35. The van der Waals surface area contributed by atoms with Crippen LogP contribution in [0, 0.1) is 0 Å². The zero-order chi connectivity index (χ0) is 14.6. The third-order valence-electron chi connectivity index (χ3n) is 2.77. The van der Waals surface area contributed by atoms with E-state index < -0.39 is 0 Å². The van der Waals surface area contributed by atoms with E-state index in [1.54, 1.807) is 6.26 Å². The van der Waals surface area contributed by atoms with Crippen molar-refractivity contribution in [1.29, 1.82) is 0 Å². The van der Waals surface area contributed by atoms with Crippen molar-refractivity contribution in [2.45, 2.75) is 39.8 Å². The van der Waals surface area contributed by atoms with Gasteiger partial charge in [0.15, 0.2) is 0 Å². The van der Waals surface area contributed by atoms with Crippen LogP contribution >= 0.6 is 0 Å². The van der Waals surface area contributed by atoms with E-state index in [2.05, 4.69) is 31.1 Å². The number of benzene rings is 1. The van der Waals surface area contributed by atoms with E-state index in [-0.39, 0.29) is 5.54 Å². The highest BCUT2D eigenvalue weighted by Crippen LogP contribution is 2.29. The molecule has 2 rings (SSSR count). The monoisotopic (exact) mass is 274 g/mol. The Bertz CT molecular complexity index is 556. The lowest BCUT2D eigenvalue weighted by atomic mass is 10.1. The van der Waals surface area contributed by atoms with E-state index in [4.69, 9.17) is 9.15 Å². The first-order chi connectivity index (χ1) is 9.49. The van der Waals surface area contributed by atoms with Crippen molar-refractivity contribution in [2.75, 3.05) is 6.61 Å². The van der Waals surface area contributed by atoms with E-state index in [1.807, 2.05) is 31.2 Å². The maximum absolute atomic E-state index is 5.60. The van der Waals surface area contributed by atoms with Crippen molar-refractivity contribution in [1.82, 2.24) is 10.3 Å². The SMILES string of the molecule is CCOc1ccccc1-c1nc(CNC(C)(C)C)co1. The molecule has 0 aliphatic carbocycles. The number of oxazole rings is 1. The van der Waals surface area contributed by atoms with Crippen molar-refractivity contribution in [3.05, 3.63) is 36.2 Å². The molecule has 0 amide bonds. The summed E-state index contributed by atoms with van der Waals surface area (Å²) in [5.41, 5.74) is 1.83. The lowest BCUT2D eigenvalue weighted by molar-refractivity contribution is 0.340. The molecule has 0 aliphatic rings. The highest BCUT2D eigenvalue weighted by Gasteiger charge is 2.14. The second kappa shape index (κ2) is 6.09. The number of para-hydroxylation sites is 1. The molecule has 1 heterocycles. The number of ether oxygens (including phenoxy) is 1. The predicted octanol–water partition coefficient (Wildman–Crippen LogP) is 3.63. The Kier molecular flexibility index (Phi) is 4.45. The largest absolute Gasteiger partial charge is 0.493 e. The molecule has 4 nitrogen and oxygen atoms in total. The van der Waals surface area contributed by atoms with Gasteiger partial charge in [-0.15, -0.1) is 0 Å². The van der Waals surface area contributed by atoms with Gasteiger partial charge in [-0.25, -0.2) is 4.98 Å². The van der Waals surface area contributed by atoms with E-state index >= 15 is 0 Å². The predicted molar refractivity (Wildman–Crippen MR) is 79.7 cm³/mol. The Morgan fingerprint density at radius 3 is 2.70 bits per heavy atom. The maximum atomic E-state index is 5.60. The molecule has 108 valence electrons. The van der Waals surface area contributed by atoms with Crippen LogP contribution in [0.15, 0.2) is 34.9 Å². The van der Waals surface area contributed by atoms with Crippen molar-refractivity contribution < 1.29 is 9.15 Å². The van der Waals surface area contributed by atoms with Crippen LogP contribution in [0.2, 0.25) is 0 Å². The summed E-state index contributed by atoms with van der Waals surface area (Å²) in [4.78, 5) is 4.52. The topological polar surface area (TPSA) is 47.3 Å². The summed E-state index contributed by atoms with van der Waals surface area (Å²) in [7, 11) is 0. The van der Waals surface area contributed by atoms with Gasteiger partial charge >= 0.3 is 0 Å². The van der Waals surface area contributed by atoms with Crippen molar-refractivity contribution in [3.63, 3.8) is 0 Å². The Labute approximate surface area is 120 Å². The number of aromatic nitrogens is 1. The summed E-state index contributed by atoms with van der Waals surface area (Å²) in [5.74, 6) is 1.40. The molecule has 0 saturated carbocycles. The van der Waals surface area contributed by atoms with Gasteiger partial charge in [0.1, 0.15) is 12.0 Å². The van der Waals surface area contributed by atoms with Crippen molar-refractivity contribution >= 4 is 0 Å². The molecule has 0 spiro atoms. The van der Waals surface area contributed by atoms with Gasteiger partial charge in [-0.05, 0) is 39.8 Å². The number of rotatable bonds is 5. The minimum absolute atomic E-state index is 0.0579. The van der Waals surface area contributed by atoms with E-state index in [0.717, 1.165) is 17.0 Å². The van der Waals surface area contributed by atoms with E-state index in [0.29, 0.717) is 19.0 Å². The summed E-state index contributed by atoms with van der Waals surface area (Å²) in [6, 6.07) is 7.78. The Balaban J connectivity index is 2.16. The normalized spacial score (nSPS) is 11.6. The molecule has 0 fully saturated rings. The van der Waals surface area contributed by atoms with E-state index in [9.17, 15) is 0 Å². The molecule has 2 aromatic rings. The first-order valence-corrected chi connectivity index (χ1v) is 6.91. The van der Waals surface area contributed by atoms with Gasteiger partial charge < -0.3 is 14.5 Å². The second-order valence-electron chi connectivity index (χ2n) is 5.68. The van der Waals surface area contributed by atoms with Crippen LogP contribution in [0.3, 0.4) is 0 Å². The number of nitrogens with one attached hydrogen (secondary N) is 1. The summed E-state index contributed by atoms with van der Waals surface area (Å²) in [5, 5.41) is 3.39. The minimum Gasteiger partial charge on any atom is -0.493 e. The van der Waals surface area contributed by atoms with Crippen LogP contribution < -0.4 is 10.1 Å². The maximum Gasteiger partial charge on any atom is 0.229 e. The van der Waals surface area contributed by atoms with Crippen molar-refractivity contribution in [2.24, 2.45) is 0 Å². The number of nitrogens with zero attached hydrogens (tertiary/aromatic N) is 1. The molecular formula is C16H22N2O2. The average molecular weight is 274 g/mol. The molecule has 4 heteroatoms. The van der Waals surface area contributed by atoms with Gasteiger partial charge in [-0.2, -0.15) is 0 Å². The Morgan fingerprint density at radius 1 is 1.25 bits per heavy atom. The van der Waals surface area contributed by atoms with Gasteiger partial charge in [0.25, 0.3) is 0 Å². The zero-order valence-electron chi connectivity index (χ0n) is 12.6. The molecule has 1 aromatic carbocycles. The first-order valence-electron chi connectivity index (χ1n) is 6.91. The molecular weight excluding hydrogens is 252 g/mol. The number of hydrogen-bond donors (Lipinski definition) is 1. The molecule has 0 atom stereocenters.